The molecular formula is C13H18FNO2. The maximum absolute atomic E-state index is 13.0. The van der Waals surface area contributed by atoms with Crippen molar-refractivity contribution in [1.82, 2.24) is 0 Å². The van der Waals surface area contributed by atoms with E-state index >= 15 is 0 Å². The predicted molar refractivity (Wildman–Crippen MR) is 64.8 cm³/mol. The van der Waals surface area contributed by atoms with Crippen LogP contribution in [-0.2, 0) is 0 Å². The Labute approximate surface area is 101 Å². The molecular weight excluding hydrogens is 221 g/mol. The lowest BCUT2D eigenvalue weighted by Crippen LogP contribution is -2.28. The Morgan fingerprint density at radius 1 is 1.29 bits per heavy atom. The van der Waals surface area contributed by atoms with Crippen LogP contribution < -0.4 is 10.1 Å². The molecule has 1 aliphatic carbocycles. The molecule has 0 atom stereocenters. The molecule has 0 aliphatic heterocycles. The zero-order valence-electron chi connectivity index (χ0n) is 9.95. The van der Waals surface area contributed by atoms with Crippen LogP contribution in [0, 0.1) is 5.82 Å². The Morgan fingerprint density at radius 3 is 2.65 bits per heavy atom. The zero-order valence-corrected chi connectivity index (χ0v) is 9.95. The van der Waals surface area contributed by atoms with E-state index in [-0.39, 0.29) is 11.9 Å². The van der Waals surface area contributed by atoms with Crippen LogP contribution in [0.5, 0.6) is 5.75 Å². The number of ether oxygens (including phenoxy) is 1. The monoisotopic (exact) mass is 239 g/mol. The van der Waals surface area contributed by atoms with Crippen LogP contribution in [0.15, 0.2) is 18.2 Å². The highest BCUT2D eigenvalue weighted by Gasteiger charge is 2.20. The summed E-state index contributed by atoms with van der Waals surface area (Å²) in [6, 6.07) is 4.82. The molecule has 17 heavy (non-hydrogen) atoms. The van der Waals surface area contributed by atoms with Gasteiger partial charge in [-0.05, 0) is 37.8 Å². The Hall–Kier alpha value is -1.29. The molecule has 0 spiro atoms. The second kappa shape index (κ2) is 5.36. The number of rotatable bonds is 3. The maximum atomic E-state index is 13.0. The highest BCUT2D eigenvalue weighted by atomic mass is 19.1. The van der Waals surface area contributed by atoms with Gasteiger partial charge in [0.05, 0.1) is 18.9 Å². The van der Waals surface area contributed by atoms with Gasteiger partial charge in [0.25, 0.3) is 0 Å². The maximum Gasteiger partial charge on any atom is 0.144 e. The average molecular weight is 239 g/mol. The fourth-order valence-corrected chi connectivity index (χ4v) is 2.22. The van der Waals surface area contributed by atoms with E-state index in [4.69, 9.17) is 4.74 Å². The normalized spacial score (nSPS) is 24.4. The first-order valence-electron chi connectivity index (χ1n) is 5.97. The summed E-state index contributed by atoms with van der Waals surface area (Å²) in [6.07, 6.45) is 3.34. The molecule has 0 unspecified atom stereocenters. The SMILES string of the molecule is COc1cc(F)ccc1NC1CCC(O)CC1. The van der Waals surface area contributed by atoms with Crippen LogP contribution in [0.25, 0.3) is 0 Å². The Bertz CT molecular complexity index is 376. The number of halogens is 1. The number of methoxy groups -OCH3 is 1. The number of benzene rings is 1. The molecule has 4 heteroatoms. The van der Waals surface area contributed by atoms with Gasteiger partial charge in [-0.25, -0.2) is 4.39 Å². The predicted octanol–water partition coefficient (Wildman–Crippen LogP) is 2.55. The smallest absolute Gasteiger partial charge is 0.144 e. The summed E-state index contributed by atoms with van der Waals surface area (Å²) in [5.74, 6) is 0.225. The van der Waals surface area contributed by atoms with Crippen molar-refractivity contribution in [2.45, 2.75) is 37.8 Å². The second-order valence-corrected chi connectivity index (χ2v) is 4.49. The minimum atomic E-state index is -0.300. The quantitative estimate of drug-likeness (QED) is 0.851. The van der Waals surface area contributed by atoms with E-state index in [1.54, 1.807) is 6.07 Å². The molecule has 2 rings (SSSR count). The van der Waals surface area contributed by atoms with Crippen molar-refractivity contribution in [2.24, 2.45) is 0 Å². The first-order valence-corrected chi connectivity index (χ1v) is 5.97. The fraction of sp³-hybridized carbons (Fsp3) is 0.538. The number of hydrogen-bond donors (Lipinski definition) is 2. The van der Waals surface area contributed by atoms with Crippen LogP contribution in [0.1, 0.15) is 25.7 Å². The van der Waals surface area contributed by atoms with Gasteiger partial charge < -0.3 is 15.2 Å². The largest absolute Gasteiger partial charge is 0.494 e. The molecule has 1 fully saturated rings. The summed E-state index contributed by atoms with van der Waals surface area (Å²) >= 11 is 0. The van der Waals surface area contributed by atoms with Gasteiger partial charge in [0, 0.05) is 12.1 Å². The highest BCUT2D eigenvalue weighted by molar-refractivity contribution is 5.57. The number of aliphatic hydroxyl groups excluding tert-OH is 1. The average Bonchev–Trinajstić information content (AvgIpc) is 2.34. The van der Waals surface area contributed by atoms with Crippen molar-refractivity contribution < 1.29 is 14.2 Å². The third-order valence-corrected chi connectivity index (χ3v) is 3.22. The summed E-state index contributed by atoms with van der Waals surface area (Å²) in [5.41, 5.74) is 0.815. The Morgan fingerprint density at radius 2 is 2.00 bits per heavy atom. The lowest BCUT2D eigenvalue weighted by Gasteiger charge is -2.27. The van der Waals surface area contributed by atoms with Crippen molar-refractivity contribution in [3.63, 3.8) is 0 Å². The summed E-state index contributed by atoms with van der Waals surface area (Å²) in [7, 11) is 1.53. The number of hydrogen-bond acceptors (Lipinski definition) is 3. The van der Waals surface area contributed by atoms with Gasteiger partial charge in [-0.1, -0.05) is 0 Å². The number of anilines is 1. The molecule has 0 heterocycles. The minimum Gasteiger partial charge on any atom is -0.494 e. The lowest BCUT2D eigenvalue weighted by molar-refractivity contribution is 0.126. The molecule has 0 aromatic heterocycles. The molecule has 94 valence electrons. The zero-order chi connectivity index (χ0) is 12.3. The van der Waals surface area contributed by atoms with E-state index in [1.165, 1.54) is 19.2 Å². The number of nitrogens with one attached hydrogen (secondary N) is 1. The van der Waals surface area contributed by atoms with Gasteiger partial charge in [-0.2, -0.15) is 0 Å². The summed E-state index contributed by atoms with van der Waals surface area (Å²) in [6.45, 7) is 0. The summed E-state index contributed by atoms with van der Waals surface area (Å²) in [4.78, 5) is 0. The molecule has 0 saturated heterocycles. The Balaban J connectivity index is 2.03. The van der Waals surface area contributed by atoms with Crippen molar-refractivity contribution in [1.29, 1.82) is 0 Å². The van der Waals surface area contributed by atoms with Crippen molar-refractivity contribution in [3.8, 4) is 5.75 Å². The molecule has 0 amide bonds. The van der Waals surface area contributed by atoms with Gasteiger partial charge in [0.15, 0.2) is 0 Å². The number of aliphatic hydroxyl groups is 1. The molecule has 1 saturated carbocycles. The molecule has 0 radical (unpaired) electrons. The molecule has 1 aliphatic rings. The Kier molecular flexibility index (Phi) is 3.84. The van der Waals surface area contributed by atoms with Crippen LogP contribution in [0.4, 0.5) is 10.1 Å². The summed E-state index contributed by atoms with van der Waals surface area (Å²) < 4.78 is 18.2. The van der Waals surface area contributed by atoms with Gasteiger partial charge in [-0.3, -0.25) is 0 Å². The van der Waals surface area contributed by atoms with Crippen LogP contribution in [0.2, 0.25) is 0 Å². The van der Waals surface area contributed by atoms with E-state index < -0.39 is 0 Å². The topological polar surface area (TPSA) is 41.5 Å². The third kappa shape index (κ3) is 3.09. The molecule has 1 aromatic rings. The first-order chi connectivity index (χ1) is 8.19. The molecule has 0 bridgehead atoms. The van der Waals surface area contributed by atoms with E-state index in [1.807, 2.05) is 0 Å². The van der Waals surface area contributed by atoms with Gasteiger partial charge >= 0.3 is 0 Å². The van der Waals surface area contributed by atoms with E-state index in [0.717, 1.165) is 31.4 Å². The van der Waals surface area contributed by atoms with Gasteiger partial charge in [0.1, 0.15) is 11.6 Å². The standard InChI is InChI=1S/C13H18FNO2/c1-17-13-8-9(14)2-7-12(13)15-10-3-5-11(16)6-4-10/h2,7-8,10-11,15-16H,3-6H2,1H3. The molecule has 2 N–H and O–H groups in total. The van der Waals surface area contributed by atoms with Crippen molar-refractivity contribution in [2.75, 3.05) is 12.4 Å². The third-order valence-electron chi connectivity index (χ3n) is 3.22. The van der Waals surface area contributed by atoms with E-state index in [2.05, 4.69) is 5.32 Å². The second-order valence-electron chi connectivity index (χ2n) is 4.49. The summed E-state index contributed by atoms with van der Waals surface area (Å²) in [5, 5.41) is 12.8. The minimum absolute atomic E-state index is 0.164. The van der Waals surface area contributed by atoms with Gasteiger partial charge in [-0.15, -0.1) is 0 Å². The van der Waals surface area contributed by atoms with Crippen molar-refractivity contribution >= 4 is 5.69 Å². The van der Waals surface area contributed by atoms with Crippen molar-refractivity contribution in [3.05, 3.63) is 24.0 Å². The fourth-order valence-electron chi connectivity index (χ4n) is 2.22. The lowest BCUT2D eigenvalue weighted by atomic mass is 9.93. The molecule has 3 nitrogen and oxygen atoms in total. The van der Waals surface area contributed by atoms with E-state index in [9.17, 15) is 9.50 Å². The molecule has 1 aromatic carbocycles. The highest BCUT2D eigenvalue weighted by Crippen LogP contribution is 2.29. The van der Waals surface area contributed by atoms with E-state index in [0.29, 0.717) is 11.8 Å². The van der Waals surface area contributed by atoms with Crippen LogP contribution in [-0.4, -0.2) is 24.4 Å². The van der Waals surface area contributed by atoms with Crippen LogP contribution in [0.3, 0.4) is 0 Å². The first kappa shape index (κ1) is 12.2. The van der Waals surface area contributed by atoms with Crippen LogP contribution >= 0.6 is 0 Å². The van der Waals surface area contributed by atoms with Gasteiger partial charge in [0.2, 0.25) is 0 Å².